The molecular formula is C16H20BrN5O3. The number of anilines is 1. The Morgan fingerprint density at radius 3 is 2.88 bits per heavy atom. The zero-order chi connectivity index (χ0) is 17.4. The molecule has 8 nitrogen and oxygen atoms in total. The van der Waals surface area contributed by atoms with Gasteiger partial charge in [0.25, 0.3) is 5.91 Å². The molecule has 25 heavy (non-hydrogen) atoms. The van der Waals surface area contributed by atoms with Crippen LogP contribution >= 0.6 is 15.9 Å². The highest BCUT2D eigenvalue weighted by Crippen LogP contribution is 2.28. The molecule has 4 N–H and O–H groups in total. The molecule has 4 rings (SSSR count). The van der Waals surface area contributed by atoms with E-state index in [-0.39, 0.29) is 25.0 Å². The number of morpholine rings is 1. The van der Waals surface area contributed by atoms with Crippen LogP contribution in [0.2, 0.25) is 0 Å². The molecule has 3 aliphatic rings. The van der Waals surface area contributed by atoms with Crippen molar-refractivity contribution in [3.05, 3.63) is 40.0 Å². The molecule has 1 aromatic rings. The first-order valence-corrected chi connectivity index (χ1v) is 9.00. The number of halogens is 1. The number of hydrogen-bond donors (Lipinski definition) is 4. The van der Waals surface area contributed by atoms with Gasteiger partial charge in [-0.2, -0.15) is 0 Å². The zero-order valence-electron chi connectivity index (χ0n) is 13.5. The fourth-order valence-electron chi connectivity index (χ4n) is 3.27. The molecule has 0 saturated carbocycles. The molecule has 2 saturated heterocycles. The van der Waals surface area contributed by atoms with E-state index in [9.17, 15) is 9.90 Å². The van der Waals surface area contributed by atoms with Crippen LogP contribution in [0.15, 0.2) is 34.4 Å². The van der Waals surface area contributed by atoms with Crippen molar-refractivity contribution in [3.63, 3.8) is 0 Å². The van der Waals surface area contributed by atoms with Crippen LogP contribution in [-0.2, 0) is 16.1 Å². The summed E-state index contributed by atoms with van der Waals surface area (Å²) in [5.74, 6) is -0.0992. The van der Waals surface area contributed by atoms with Gasteiger partial charge in [0.1, 0.15) is 12.5 Å². The molecule has 0 radical (unpaired) electrons. The molecule has 2 atom stereocenters. The normalized spacial score (nSPS) is 27.0. The number of nitrogens with zero attached hydrogens (tertiary/aromatic N) is 2. The number of rotatable bonds is 3. The maximum absolute atomic E-state index is 12.5. The lowest BCUT2D eigenvalue weighted by Gasteiger charge is -2.40. The van der Waals surface area contributed by atoms with Gasteiger partial charge in [-0.25, -0.2) is 5.43 Å². The van der Waals surface area contributed by atoms with E-state index in [0.717, 1.165) is 28.8 Å². The number of carbonyl (C=O) groups is 1. The van der Waals surface area contributed by atoms with E-state index in [2.05, 4.69) is 36.9 Å². The summed E-state index contributed by atoms with van der Waals surface area (Å²) in [5, 5.41) is 17.8. The number of nitrogens with one attached hydrogen (secondary N) is 3. The third-order valence-corrected chi connectivity index (χ3v) is 5.08. The molecule has 1 aromatic carbocycles. The Morgan fingerprint density at radius 2 is 2.12 bits per heavy atom. The second-order valence-corrected chi connectivity index (χ2v) is 7.05. The summed E-state index contributed by atoms with van der Waals surface area (Å²) in [5.41, 5.74) is 5.49. The minimum absolute atomic E-state index is 0.0865. The molecule has 3 aliphatic heterocycles. The van der Waals surface area contributed by atoms with Crippen LogP contribution in [0.4, 0.5) is 5.69 Å². The van der Waals surface area contributed by atoms with E-state index in [0.29, 0.717) is 18.8 Å². The van der Waals surface area contributed by atoms with Gasteiger partial charge in [-0.15, -0.1) is 0 Å². The summed E-state index contributed by atoms with van der Waals surface area (Å²) in [4.78, 5) is 14.7. The van der Waals surface area contributed by atoms with Crippen molar-refractivity contribution in [2.75, 3.05) is 31.3 Å². The van der Waals surface area contributed by atoms with E-state index in [1.54, 1.807) is 11.2 Å². The fraction of sp³-hybridized carbons (Fsp3) is 0.438. The summed E-state index contributed by atoms with van der Waals surface area (Å²) >= 11 is 3.41. The largest absolute Gasteiger partial charge is 0.392 e. The Kier molecular flexibility index (Phi) is 4.76. The van der Waals surface area contributed by atoms with E-state index >= 15 is 0 Å². The number of benzene rings is 1. The van der Waals surface area contributed by atoms with Crippen molar-refractivity contribution < 1.29 is 14.6 Å². The Bertz CT molecular complexity index is 707. The summed E-state index contributed by atoms with van der Waals surface area (Å²) in [6.45, 7) is 2.79. The van der Waals surface area contributed by atoms with Crippen molar-refractivity contribution in [3.8, 4) is 0 Å². The number of aliphatic hydroxyl groups is 1. The number of hydrazine groups is 1. The Balaban J connectivity index is 1.53. The Morgan fingerprint density at radius 1 is 1.32 bits per heavy atom. The molecular weight excluding hydrogens is 390 g/mol. The smallest absolute Gasteiger partial charge is 0.254 e. The Labute approximate surface area is 153 Å². The van der Waals surface area contributed by atoms with Crippen LogP contribution in [-0.4, -0.2) is 54.7 Å². The van der Waals surface area contributed by atoms with Gasteiger partial charge >= 0.3 is 0 Å². The second-order valence-electron chi connectivity index (χ2n) is 6.14. The molecule has 1 amide bonds. The first kappa shape index (κ1) is 17.0. The number of carbonyl (C=O) groups excluding carboxylic acids is 1. The molecule has 0 spiro atoms. The molecule has 0 aliphatic carbocycles. The minimum atomic E-state index is -0.281. The van der Waals surface area contributed by atoms with E-state index in [1.807, 2.05) is 18.2 Å². The summed E-state index contributed by atoms with van der Waals surface area (Å²) < 4.78 is 6.27. The van der Waals surface area contributed by atoms with Gasteiger partial charge in [0.15, 0.2) is 0 Å². The van der Waals surface area contributed by atoms with Crippen LogP contribution < -0.4 is 21.1 Å². The van der Waals surface area contributed by atoms with Gasteiger partial charge in [-0.3, -0.25) is 20.0 Å². The molecule has 134 valence electrons. The van der Waals surface area contributed by atoms with Crippen molar-refractivity contribution in [1.82, 2.24) is 21.0 Å². The van der Waals surface area contributed by atoms with Gasteiger partial charge < -0.3 is 15.2 Å². The van der Waals surface area contributed by atoms with E-state index in [4.69, 9.17) is 4.74 Å². The van der Waals surface area contributed by atoms with Gasteiger partial charge in [-0.05, 0) is 18.2 Å². The van der Waals surface area contributed by atoms with Crippen LogP contribution in [0, 0.1) is 0 Å². The standard InChI is InChI=1S/C16H20BrN5O3/c17-11-1-2-13(10(7-11)9-23)22-8-12-14(20-22)18-16(19-15(12)24)21-3-5-25-6-4-21/h1-2,7-8,14,16,18,20,23H,3-6,9H2,(H,19,24). The maximum Gasteiger partial charge on any atom is 0.254 e. The van der Waals surface area contributed by atoms with Crippen molar-refractivity contribution in [1.29, 1.82) is 0 Å². The number of amides is 1. The fourth-order valence-corrected chi connectivity index (χ4v) is 3.68. The lowest BCUT2D eigenvalue weighted by molar-refractivity contribution is -0.123. The predicted octanol–water partition coefficient (Wildman–Crippen LogP) is -0.189. The van der Waals surface area contributed by atoms with Crippen molar-refractivity contribution >= 4 is 27.5 Å². The van der Waals surface area contributed by atoms with Crippen molar-refractivity contribution in [2.24, 2.45) is 0 Å². The zero-order valence-corrected chi connectivity index (χ0v) is 15.1. The van der Waals surface area contributed by atoms with Crippen LogP contribution in [0.5, 0.6) is 0 Å². The topological polar surface area (TPSA) is 89.1 Å². The van der Waals surface area contributed by atoms with Gasteiger partial charge in [0, 0.05) is 29.3 Å². The lowest BCUT2D eigenvalue weighted by atomic mass is 10.1. The number of ether oxygens (including phenoxy) is 1. The average Bonchev–Trinajstić information content (AvgIpc) is 3.07. The first-order chi connectivity index (χ1) is 12.2. The Hall–Kier alpha value is -1.49. The van der Waals surface area contributed by atoms with Crippen LogP contribution in [0.3, 0.4) is 0 Å². The number of hydrogen-bond acceptors (Lipinski definition) is 7. The number of fused-ring (bicyclic) bond motifs is 1. The van der Waals surface area contributed by atoms with E-state index in [1.165, 1.54) is 0 Å². The van der Waals surface area contributed by atoms with Gasteiger partial charge in [0.05, 0.1) is 31.1 Å². The minimum Gasteiger partial charge on any atom is -0.392 e. The first-order valence-electron chi connectivity index (χ1n) is 8.21. The molecule has 0 bridgehead atoms. The summed E-state index contributed by atoms with van der Waals surface area (Å²) in [7, 11) is 0. The lowest BCUT2D eigenvalue weighted by Crippen LogP contribution is -2.68. The maximum atomic E-state index is 12.5. The summed E-state index contributed by atoms with van der Waals surface area (Å²) in [6.07, 6.45) is 1.26. The molecule has 9 heteroatoms. The van der Waals surface area contributed by atoms with Gasteiger partial charge in [-0.1, -0.05) is 15.9 Å². The monoisotopic (exact) mass is 409 g/mol. The molecule has 3 heterocycles. The van der Waals surface area contributed by atoms with Crippen LogP contribution in [0.1, 0.15) is 5.56 Å². The second kappa shape index (κ2) is 7.02. The van der Waals surface area contributed by atoms with Crippen LogP contribution in [0.25, 0.3) is 0 Å². The molecule has 2 unspecified atom stereocenters. The highest BCUT2D eigenvalue weighted by molar-refractivity contribution is 9.10. The third-order valence-electron chi connectivity index (χ3n) is 4.58. The van der Waals surface area contributed by atoms with Gasteiger partial charge in [0.2, 0.25) is 0 Å². The highest BCUT2D eigenvalue weighted by atomic mass is 79.9. The molecule has 2 fully saturated rings. The predicted molar refractivity (Wildman–Crippen MR) is 95.0 cm³/mol. The number of aliphatic hydroxyl groups excluding tert-OH is 1. The summed E-state index contributed by atoms with van der Waals surface area (Å²) in [6, 6.07) is 5.66. The third kappa shape index (κ3) is 3.31. The average molecular weight is 410 g/mol. The highest BCUT2D eigenvalue weighted by Gasteiger charge is 2.38. The van der Waals surface area contributed by atoms with Crippen molar-refractivity contribution in [2.45, 2.75) is 19.1 Å². The SMILES string of the molecule is O=C1NC(N2CCOCC2)NC2NN(c3ccc(Br)cc3CO)C=C12. The quantitative estimate of drug-likeness (QED) is 0.550. The molecule has 0 aromatic heterocycles. The van der Waals surface area contributed by atoms with E-state index < -0.39 is 0 Å².